The first kappa shape index (κ1) is 20.3. The van der Waals surface area contributed by atoms with Gasteiger partial charge in [0.15, 0.2) is 0 Å². The molecule has 14 heavy (non-hydrogen) atoms. The molecular formula is C8H15Hg2O4. The van der Waals surface area contributed by atoms with Crippen molar-refractivity contribution < 1.29 is 73.2 Å². The maximum atomic E-state index is 10.5. The van der Waals surface area contributed by atoms with Gasteiger partial charge in [-0.15, -0.1) is 0 Å². The molecule has 0 aromatic heterocycles. The van der Waals surface area contributed by atoms with Crippen molar-refractivity contribution >= 4 is 11.9 Å². The van der Waals surface area contributed by atoms with Crippen LogP contribution in [0.2, 0.25) is 3.93 Å². The van der Waals surface area contributed by atoms with Crippen molar-refractivity contribution in [1.29, 1.82) is 0 Å². The third-order valence-corrected chi connectivity index (χ3v) is 0.848. The standard InChI is InChI=1S/C6H10O4.C2H5.2Hg/c1-2-10-6(9)4-3-5(7)8;1-2;;/h2-4H2,1H3,(H,7,8);1H2,2H3;;. The topological polar surface area (TPSA) is 63.6 Å². The van der Waals surface area contributed by atoms with Crippen molar-refractivity contribution in [2.24, 2.45) is 0 Å². The molecule has 0 aromatic carbocycles. The van der Waals surface area contributed by atoms with E-state index in [1.165, 1.54) is 3.93 Å². The van der Waals surface area contributed by atoms with E-state index in [1.54, 1.807) is 6.92 Å². The SMILES string of the molecule is CCOC(=O)CCC(=O)O.C[CH2][Hg].[Hg]. The predicted molar refractivity (Wildman–Crippen MR) is 44.0 cm³/mol. The van der Waals surface area contributed by atoms with E-state index in [-0.39, 0.29) is 40.5 Å². The molecule has 0 saturated heterocycles. The van der Waals surface area contributed by atoms with E-state index in [0.29, 0.717) is 6.61 Å². The van der Waals surface area contributed by atoms with E-state index in [1.807, 2.05) is 0 Å². The summed E-state index contributed by atoms with van der Waals surface area (Å²) < 4.78 is 5.93. The van der Waals surface area contributed by atoms with Gasteiger partial charge in [-0.2, -0.15) is 0 Å². The second-order valence-electron chi connectivity index (χ2n) is 2.20. The normalized spacial score (nSPS) is 7.71. The zero-order chi connectivity index (χ0) is 10.7. The Morgan fingerprint density at radius 1 is 1.29 bits per heavy atom. The van der Waals surface area contributed by atoms with E-state index in [9.17, 15) is 9.59 Å². The van der Waals surface area contributed by atoms with E-state index >= 15 is 0 Å². The second-order valence-corrected chi connectivity index (χ2v) is 6.09. The van der Waals surface area contributed by atoms with E-state index in [4.69, 9.17) is 5.11 Å². The van der Waals surface area contributed by atoms with Gasteiger partial charge in [0.25, 0.3) is 0 Å². The predicted octanol–water partition coefficient (Wildman–Crippen LogP) is 1.38. The molecule has 0 fully saturated rings. The van der Waals surface area contributed by atoms with Crippen LogP contribution in [0.5, 0.6) is 0 Å². The van der Waals surface area contributed by atoms with Crippen LogP contribution in [0.4, 0.5) is 0 Å². The van der Waals surface area contributed by atoms with E-state index in [0.717, 1.165) is 26.1 Å². The Morgan fingerprint density at radius 3 is 2.00 bits per heavy atom. The summed E-state index contributed by atoms with van der Waals surface area (Å²) in [5, 5.41) is 8.12. The van der Waals surface area contributed by atoms with Crippen LogP contribution < -0.4 is 0 Å². The van der Waals surface area contributed by atoms with Gasteiger partial charge in [0, 0.05) is 27.7 Å². The Kier molecular flexibility index (Phi) is 23.5. The van der Waals surface area contributed by atoms with Crippen LogP contribution >= 0.6 is 0 Å². The minimum Gasteiger partial charge on any atom is 0 e. The average Bonchev–Trinajstić information content (AvgIpc) is 2.03. The van der Waals surface area contributed by atoms with Crippen molar-refractivity contribution in [2.45, 2.75) is 30.6 Å². The van der Waals surface area contributed by atoms with Crippen molar-refractivity contribution in [3.63, 3.8) is 0 Å². The smallest absolute Gasteiger partial charge is 0 e. The molecule has 0 unspecified atom stereocenters. The van der Waals surface area contributed by atoms with Gasteiger partial charge in [-0.25, -0.2) is 0 Å². The first-order valence-electron chi connectivity index (χ1n) is 4.25. The molecule has 0 heterocycles. The summed E-state index contributed by atoms with van der Waals surface area (Å²) in [5.74, 6) is -1.43. The Hall–Kier alpha value is 0.810. The minimum atomic E-state index is -0.979. The van der Waals surface area contributed by atoms with Crippen molar-refractivity contribution in [1.82, 2.24) is 0 Å². The van der Waals surface area contributed by atoms with Crippen LogP contribution in [-0.4, -0.2) is 23.7 Å². The molecule has 0 spiro atoms. The summed E-state index contributed by atoms with van der Waals surface area (Å²) in [6, 6.07) is 0. The molecule has 1 N–H and O–H groups in total. The molecule has 0 radical (unpaired) electrons. The fourth-order valence-corrected chi connectivity index (χ4v) is 0.442. The molecule has 4 nitrogen and oxygen atoms in total. The van der Waals surface area contributed by atoms with Crippen LogP contribution in [0.1, 0.15) is 26.7 Å². The fraction of sp³-hybridized carbons (Fsp3) is 0.750. The molecule has 0 aliphatic heterocycles. The van der Waals surface area contributed by atoms with Gasteiger partial charge < -0.3 is 9.84 Å². The van der Waals surface area contributed by atoms with Crippen LogP contribution in [-0.2, 0) is 68.1 Å². The molecule has 0 aliphatic carbocycles. The first-order valence-corrected chi connectivity index (χ1v) is 8.13. The summed E-state index contributed by atoms with van der Waals surface area (Å²) in [7, 11) is 0. The number of esters is 1. The Balaban J connectivity index is -0.000000267. The number of hydrogen-bond acceptors (Lipinski definition) is 3. The molecule has 0 aromatic rings. The molecular weight excluding hydrogens is 561 g/mol. The van der Waals surface area contributed by atoms with Gasteiger partial charge in [-0.05, 0) is 6.92 Å². The number of carboxylic acids is 1. The molecule has 0 aliphatic rings. The van der Waals surface area contributed by atoms with Gasteiger partial charge in [-0.1, -0.05) is 0 Å². The number of carbonyl (C=O) groups excluding carboxylic acids is 1. The van der Waals surface area contributed by atoms with Gasteiger partial charge >= 0.3 is 48.9 Å². The van der Waals surface area contributed by atoms with Crippen molar-refractivity contribution in [3.05, 3.63) is 0 Å². The van der Waals surface area contributed by atoms with E-state index < -0.39 is 11.9 Å². The molecule has 0 saturated carbocycles. The number of ether oxygens (including phenoxy) is 1. The number of carbonyl (C=O) groups is 2. The third kappa shape index (κ3) is 23.0. The average molecular weight is 576 g/mol. The summed E-state index contributed by atoms with van der Waals surface area (Å²) in [4.78, 5) is 20.4. The number of rotatable bonds is 4. The minimum absolute atomic E-state index is 0. The zero-order valence-electron chi connectivity index (χ0n) is 8.91. The Bertz CT molecular complexity index is 150. The fourth-order valence-electron chi connectivity index (χ4n) is 0.442. The maximum absolute atomic E-state index is 10.5. The van der Waals surface area contributed by atoms with Crippen LogP contribution in [0.3, 0.4) is 0 Å². The monoisotopic (exact) mass is 579 g/mol. The van der Waals surface area contributed by atoms with Crippen molar-refractivity contribution in [3.8, 4) is 0 Å². The van der Waals surface area contributed by atoms with Crippen LogP contribution in [0, 0.1) is 0 Å². The maximum Gasteiger partial charge on any atom is 0 e. The third-order valence-electron chi connectivity index (χ3n) is 0.848. The van der Waals surface area contributed by atoms with Crippen molar-refractivity contribution in [2.75, 3.05) is 6.61 Å². The number of aliphatic carboxylic acids is 1. The largest absolute Gasteiger partial charge is 0 e. The molecule has 0 atom stereocenters. The van der Waals surface area contributed by atoms with Crippen LogP contribution in [0.25, 0.3) is 0 Å². The molecule has 6 heteroatoms. The summed E-state index contributed by atoms with van der Waals surface area (Å²) in [6.07, 6.45) is -0.192. The number of hydrogen-bond donors (Lipinski definition) is 1. The quantitative estimate of drug-likeness (QED) is 0.406. The second kappa shape index (κ2) is 16.2. The van der Waals surface area contributed by atoms with Gasteiger partial charge in [0.05, 0.1) is 19.4 Å². The van der Waals surface area contributed by atoms with Gasteiger partial charge in [0.2, 0.25) is 0 Å². The van der Waals surface area contributed by atoms with Gasteiger partial charge in [0.1, 0.15) is 0 Å². The Labute approximate surface area is 121 Å². The summed E-state index contributed by atoms with van der Waals surface area (Å²) in [5.41, 5.74) is 0. The molecule has 0 amide bonds. The zero-order valence-corrected chi connectivity index (χ0v) is 19.9. The Morgan fingerprint density at radius 2 is 1.71 bits per heavy atom. The van der Waals surface area contributed by atoms with E-state index in [2.05, 4.69) is 11.7 Å². The first-order chi connectivity index (χ1) is 6.08. The summed E-state index contributed by atoms with van der Waals surface area (Å²) in [6.45, 7) is 4.19. The number of carboxylic acid groups (broad SMARTS) is 1. The van der Waals surface area contributed by atoms with Gasteiger partial charge in [-0.3, -0.25) is 9.59 Å². The molecule has 75 valence electrons. The van der Waals surface area contributed by atoms with Crippen LogP contribution in [0.15, 0.2) is 0 Å². The molecule has 0 rings (SSSR count). The summed E-state index contributed by atoms with van der Waals surface area (Å²) >= 11 is 1.07. The molecule has 0 bridgehead atoms.